The molecule has 13 heteroatoms. The Labute approximate surface area is 343 Å². The number of rotatable bonds is 8. The Balaban J connectivity index is 0.813. The van der Waals surface area contributed by atoms with Crippen molar-refractivity contribution in [2.75, 3.05) is 23.3 Å². The minimum Gasteiger partial charge on any atom is -0.489 e. The lowest BCUT2D eigenvalue weighted by molar-refractivity contribution is -0.164. The molecule has 302 valence electrons. The van der Waals surface area contributed by atoms with Gasteiger partial charge in [0.1, 0.15) is 24.0 Å². The van der Waals surface area contributed by atoms with Gasteiger partial charge in [0, 0.05) is 65.4 Å². The molecule has 0 aromatic heterocycles. The molecule has 3 aromatic rings. The van der Waals surface area contributed by atoms with Crippen molar-refractivity contribution in [3.63, 3.8) is 0 Å². The normalized spacial score (nSPS) is 24.7. The molecule has 1 unspecified atom stereocenters. The van der Waals surface area contributed by atoms with E-state index in [1.807, 2.05) is 30.3 Å². The van der Waals surface area contributed by atoms with Gasteiger partial charge >= 0.3 is 0 Å². The monoisotopic (exact) mass is 804 g/mol. The maximum atomic E-state index is 13.5. The third kappa shape index (κ3) is 6.97. The summed E-state index contributed by atoms with van der Waals surface area (Å²) in [5.41, 5.74) is 3.04. The molecule has 58 heavy (non-hydrogen) atoms. The van der Waals surface area contributed by atoms with Gasteiger partial charge in [0.15, 0.2) is 0 Å². The smallest absolute Gasteiger partial charge is 0.262 e. The van der Waals surface area contributed by atoms with Crippen molar-refractivity contribution < 1.29 is 28.7 Å². The Hall–Kier alpha value is -5.41. The number of nitrogens with one attached hydrogen (secondary N) is 3. The van der Waals surface area contributed by atoms with E-state index in [2.05, 4.69) is 54.6 Å². The van der Waals surface area contributed by atoms with Crippen molar-refractivity contribution in [3.05, 3.63) is 87.9 Å². The van der Waals surface area contributed by atoms with E-state index in [9.17, 15) is 29.2 Å². The summed E-state index contributed by atoms with van der Waals surface area (Å²) in [5, 5.41) is 18.7. The summed E-state index contributed by atoms with van der Waals surface area (Å²) >= 11 is 6.25. The van der Waals surface area contributed by atoms with Crippen molar-refractivity contribution in [1.29, 1.82) is 5.26 Å². The van der Waals surface area contributed by atoms with E-state index in [4.69, 9.17) is 16.3 Å². The van der Waals surface area contributed by atoms with E-state index in [0.29, 0.717) is 21.9 Å². The molecule has 3 aromatic carbocycles. The van der Waals surface area contributed by atoms with Gasteiger partial charge in [0.2, 0.25) is 11.8 Å². The fourth-order valence-corrected chi connectivity index (χ4v) is 10.8. The molecule has 1 spiro atoms. The number of ether oxygens (including phenoxy) is 1. The summed E-state index contributed by atoms with van der Waals surface area (Å²) < 4.78 is 6.38. The van der Waals surface area contributed by atoms with Gasteiger partial charge in [-0.3, -0.25) is 34.2 Å². The summed E-state index contributed by atoms with van der Waals surface area (Å²) in [4.78, 5) is 67.4. The molecule has 3 N–H and O–H groups in total. The fraction of sp³-hybridized carbons (Fsp3) is 0.467. The van der Waals surface area contributed by atoms with E-state index in [-0.39, 0.29) is 64.3 Å². The summed E-state index contributed by atoms with van der Waals surface area (Å²) in [5.74, 6) is -1.53. The van der Waals surface area contributed by atoms with Crippen LogP contribution in [0, 0.1) is 27.6 Å². The Morgan fingerprint density at radius 2 is 1.53 bits per heavy atom. The maximum Gasteiger partial charge on any atom is 0.262 e. The van der Waals surface area contributed by atoms with E-state index < -0.39 is 29.7 Å². The van der Waals surface area contributed by atoms with Crippen LogP contribution in [-0.4, -0.2) is 71.8 Å². The van der Waals surface area contributed by atoms with Crippen LogP contribution in [0.1, 0.15) is 116 Å². The van der Waals surface area contributed by atoms with Crippen LogP contribution < -0.4 is 25.6 Å². The number of fused-ring (bicyclic) bond motifs is 1. The van der Waals surface area contributed by atoms with Crippen LogP contribution in [0.25, 0.3) is 0 Å². The zero-order chi connectivity index (χ0) is 41.1. The average molecular weight is 805 g/mol. The first-order valence-corrected chi connectivity index (χ1v) is 20.6. The minimum atomic E-state index is -0.980. The lowest BCUT2D eigenvalue weighted by Gasteiger charge is -2.63. The molecular formula is C45H49ClN6O6. The van der Waals surface area contributed by atoms with Gasteiger partial charge < -0.3 is 20.3 Å². The quantitative estimate of drug-likeness (QED) is 0.207. The Morgan fingerprint density at radius 1 is 0.862 bits per heavy atom. The second-order valence-corrected chi connectivity index (χ2v) is 18.4. The molecule has 4 fully saturated rings. The van der Waals surface area contributed by atoms with E-state index in [1.54, 1.807) is 30.3 Å². The summed E-state index contributed by atoms with van der Waals surface area (Å²) in [6, 6.07) is 19.4. The van der Waals surface area contributed by atoms with Crippen LogP contribution in [0.2, 0.25) is 5.02 Å². The molecule has 0 bridgehead atoms. The third-order valence-corrected chi connectivity index (χ3v) is 13.9. The minimum absolute atomic E-state index is 0.0867. The van der Waals surface area contributed by atoms with Gasteiger partial charge in [-0.25, -0.2) is 0 Å². The lowest BCUT2D eigenvalue weighted by Crippen LogP contribution is -2.74. The zero-order valence-corrected chi connectivity index (χ0v) is 34.1. The first-order chi connectivity index (χ1) is 27.6. The molecule has 3 heterocycles. The number of amides is 5. The number of carbonyl (C=O) groups excluding carboxylic acids is 5. The Kier molecular flexibility index (Phi) is 10.0. The summed E-state index contributed by atoms with van der Waals surface area (Å²) in [7, 11) is 0. The molecule has 1 atom stereocenters. The number of hydrogen-bond acceptors (Lipinski definition) is 9. The van der Waals surface area contributed by atoms with Gasteiger partial charge in [0.25, 0.3) is 17.7 Å². The molecule has 2 saturated heterocycles. The maximum absolute atomic E-state index is 13.5. The standard InChI is InChI=1S/C45H49ClN6O6/c1-43(2)41(44(3,4)42(43)58-31-11-7-27(25-47)34(46)24-31)50-37(54)26-5-9-30(10-6-26)51-21-19-45(20-22-51)17-15-28(16-18-45)48-29-8-12-32-33(23-29)40(57)52(39(32)56)35-13-14-36(53)49-38(35)55/h5-12,23-24,28,35,41-42,48H,13-22H2,1-4H3,(H,50,54)(H,49,53,55). The van der Waals surface area contributed by atoms with Crippen LogP contribution in [0.4, 0.5) is 11.4 Å². The Morgan fingerprint density at radius 3 is 2.17 bits per heavy atom. The highest BCUT2D eigenvalue weighted by atomic mass is 35.5. The number of imide groups is 2. The van der Waals surface area contributed by atoms with Gasteiger partial charge in [-0.2, -0.15) is 5.26 Å². The van der Waals surface area contributed by atoms with E-state index in [0.717, 1.165) is 67.9 Å². The SMILES string of the molecule is CC1(C)C(NC(=O)c2ccc(N3CCC4(CCC(Nc5ccc6c(c5)C(=O)N(C5CCC(=O)NC5=O)C6=O)CC4)CC3)cc2)C(C)(C)C1Oc1ccc(C#N)c(Cl)c1. The number of nitrogens with zero attached hydrogens (tertiary/aromatic N) is 3. The highest BCUT2D eigenvalue weighted by Gasteiger charge is 2.64. The number of halogens is 1. The van der Waals surface area contributed by atoms with Crippen molar-refractivity contribution >= 4 is 52.5 Å². The van der Waals surface area contributed by atoms with Gasteiger partial charge in [0.05, 0.1) is 21.7 Å². The number of nitriles is 1. The molecule has 5 amide bonds. The predicted molar refractivity (Wildman–Crippen MR) is 219 cm³/mol. The Bertz CT molecular complexity index is 2210. The van der Waals surface area contributed by atoms with Gasteiger partial charge in [-0.05, 0) is 105 Å². The molecule has 12 nitrogen and oxygen atoms in total. The molecule has 3 aliphatic heterocycles. The lowest BCUT2D eigenvalue weighted by atomic mass is 9.49. The fourth-order valence-electron chi connectivity index (χ4n) is 10.5. The molecule has 2 aliphatic carbocycles. The second kappa shape index (κ2) is 14.8. The summed E-state index contributed by atoms with van der Waals surface area (Å²) in [6.45, 7) is 10.3. The predicted octanol–water partition coefficient (Wildman–Crippen LogP) is 6.87. The highest BCUT2D eigenvalue weighted by molar-refractivity contribution is 6.31. The van der Waals surface area contributed by atoms with E-state index in [1.165, 1.54) is 0 Å². The first-order valence-electron chi connectivity index (χ1n) is 20.2. The number of hydrogen-bond donors (Lipinski definition) is 3. The number of anilines is 2. The molecule has 5 aliphatic rings. The molecule has 2 saturated carbocycles. The average Bonchev–Trinajstić information content (AvgIpc) is 3.45. The van der Waals surface area contributed by atoms with Crippen molar-refractivity contribution in [2.45, 2.75) is 103 Å². The molecular weight excluding hydrogens is 756 g/mol. The zero-order valence-electron chi connectivity index (χ0n) is 33.3. The van der Waals surface area contributed by atoms with Gasteiger partial charge in [-0.15, -0.1) is 0 Å². The summed E-state index contributed by atoms with van der Waals surface area (Å²) in [6.07, 6.45) is 6.43. The molecule has 0 radical (unpaired) electrons. The topological polar surface area (TPSA) is 161 Å². The largest absolute Gasteiger partial charge is 0.489 e. The van der Waals surface area contributed by atoms with Crippen LogP contribution >= 0.6 is 11.6 Å². The number of benzene rings is 3. The number of carbonyl (C=O) groups is 5. The van der Waals surface area contributed by atoms with Crippen LogP contribution in [0.5, 0.6) is 5.75 Å². The van der Waals surface area contributed by atoms with Crippen LogP contribution in [-0.2, 0) is 9.59 Å². The highest BCUT2D eigenvalue weighted by Crippen LogP contribution is 2.56. The first kappa shape index (κ1) is 39.4. The van der Waals surface area contributed by atoms with E-state index >= 15 is 0 Å². The van der Waals surface area contributed by atoms with Crippen molar-refractivity contribution in [2.24, 2.45) is 16.2 Å². The van der Waals surface area contributed by atoms with Crippen molar-refractivity contribution in [3.8, 4) is 11.8 Å². The van der Waals surface area contributed by atoms with Gasteiger partial charge in [-0.1, -0.05) is 39.3 Å². The number of piperidine rings is 2. The second-order valence-electron chi connectivity index (χ2n) is 18.0. The third-order valence-electron chi connectivity index (χ3n) is 13.6. The van der Waals surface area contributed by atoms with Crippen LogP contribution in [0.15, 0.2) is 60.7 Å². The van der Waals surface area contributed by atoms with Crippen molar-refractivity contribution in [1.82, 2.24) is 15.5 Å². The van der Waals surface area contributed by atoms with Crippen LogP contribution in [0.3, 0.4) is 0 Å². The molecule has 8 rings (SSSR count).